The Hall–Kier alpha value is -0.870. The van der Waals surface area contributed by atoms with Gasteiger partial charge in [0, 0.05) is 31.3 Å². The molecule has 1 fully saturated rings. The van der Waals surface area contributed by atoms with Crippen LogP contribution in [0.3, 0.4) is 0 Å². The van der Waals surface area contributed by atoms with Gasteiger partial charge >= 0.3 is 0 Å². The lowest BCUT2D eigenvalue weighted by Gasteiger charge is -2.21. The van der Waals surface area contributed by atoms with Crippen molar-refractivity contribution >= 4 is 0 Å². The number of nitrogens with zero attached hydrogens (tertiary/aromatic N) is 2. The smallest absolute Gasteiger partial charge is 0.0732 e. The Morgan fingerprint density at radius 3 is 2.94 bits per heavy atom. The van der Waals surface area contributed by atoms with Crippen LogP contribution in [-0.2, 0) is 11.2 Å². The first-order chi connectivity index (χ1) is 8.20. The van der Waals surface area contributed by atoms with Gasteiger partial charge in [0.2, 0.25) is 0 Å². The Kier molecular flexibility index (Phi) is 4.18. The van der Waals surface area contributed by atoms with E-state index in [0.717, 1.165) is 25.1 Å². The van der Waals surface area contributed by atoms with Crippen molar-refractivity contribution in [3.05, 3.63) is 18.0 Å². The molecule has 2 heterocycles. The highest BCUT2D eigenvalue weighted by molar-refractivity contribution is 5.03. The molecule has 4 heteroatoms. The lowest BCUT2D eigenvalue weighted by molar-refractivity contribution is 0.0805. The molecule has 2 unspecified atom stereocenters. The molecular weight excluding hydrogens is 214 g/mol. The average Bonchev–Trinajstić information content (AvgIpc) is 2.96. The fourth-order valence-electron chi connectivity index (χ4n) is 2.34. The van der Waals surface area contributed by atoms with E-state index in [-0.39, 0.29) is 0 Å². The maximum atomic E-state index is 5.74. The average molecular weight is 237 g/mol. The van der Waals surface area contributed by atoms with Crippen LogP contribution in [0.4, 0.5) is 0 Å². The lowest BCUT2D eigenvalue weighted by Crippen LogP contribution is -2.39. The van der Waals surface area contributed by atoms with Gasteiger partial charge in [-0.3, -0.25) is 4.68 Å². The van der Waals surface area contributed by atoms with Crippen LogP contribution < -0.4 is 5.32 Å². The summed E-state index contributed by atoms with van der Waals surface area (Å²) in [5.74, 6) is 0. The van der Waals surface area contributed by atoms with E-state index in [2.05, 4.69) is 36.5 Å². The fraction of sp³-hybridized carbons (Fsp3) is 0.769. The van der Waals surface area contributed by atoms with E-state index in [9.17, 15) is 0 Å². The van der Waals surface area contributed by atoms with Gasteiger partial charge in [0.15, 0.2) is 0 Å². The van der Waals surface area contributed by atoms with Crippen molar-refractivity contribution in [2.45, 2.75) is 51.3 Å². The number of rotatable bonds is 5. The van der Waals surface area contributed by atoms with E-state index in [4.69, 9.17) is 4.74 Å². The molecule has 0 saturated carbocycles. The van der Waals surface area contributed by atoms with Crippen LogP contribution in [0, 0.1) is 0 Å². The third-order valence-corrected chi connectivity index (χ3v) is 3.41. The summed E-state index contributed by atoms with van der Waals surface area (Å²) in [5, 5.41) is 7.95. The zero-order valence-electron chi connectivity index (χ0n) is 11.0. The first-order valence-electron chi connectivity index (χ1n) is 6.53. The molecule has 4 nitrogen and oxygen atoms in total. The van der Waals surface area contributed by atoms with Crippen LogP contribution in [0.5, 0.6) is 0 Å². The molecule has 0 spiro atoms. The molecule has 0 aromatic carbocycles. The third kappa shape index (κ3) is 3.07. The summed E-state index contributed by atoms with van der Waals surface area (Å²) in [6, 6.07) is 2.92. The van der Waals surface area contributed by atoms with Crippen molar-refractivity contribution in [3.8, 4) is 0 Å². The van der Waals surface area contributed by atoms with Crippen LogP contribution in [0.1, 0.15) is 38.4 Å². The topological polar surface area (TPSA) is 39.1 Å². The summed E-state index contributed by atoms with van der Waals surface area (Å²) in [7, 11) is 2.01. The molecule has 2 rings (SSSR count). The second kappa shape index (κ2) is 5.65. The molecule has 2 atom stereocenters. The predicted molar refractivity (Wildman–Crippen MR) is 68.1 cm³/mol. The largest absolute Gasteiger partial charge is 0.377 e. The molecule has 1 saturated heterocycles. The highest BCUT2D eigenvalue weighted by atomic mass is 16.5. The summed E-state index contributed by atoms with van der Waals surface area (Å²) in [6.45, 7) is 5.20. The minimum atomic E-state index is 0.351. The Labute approximate surface area is 103 Å². The van der Waals surface area contributed by atoms with Crippen LogP contribution in [0.15, 0.2) is 12.3 Å². The summed E-state index contributed by atoms with van der Waals surface area (Å²) in [4.78, 5) is 0. The number of hydrogen-bond donors (Lipinski definition) is 1. The molecule has 1 aliphatic heterocycles. The second-order valence-corrected chi connectivity index (χ2v) is 5.03. The van der Waals surface area contributed by atoms with E-state index in [1.165, 1.54) is 6.42 Å². The molecule has 96 valence electrons. The first-order valence-corrected chi connectivity index (χ1v) is 6.53. The van der Waals surface area contributed by atoms with Gasteiger partial charge in [0.05, 0.1) is 11.8 Å². The number of hydrogen-bond acceptors (Lipinski definition) is 3. The number of nitrogens with one attached hydrogen (secondary N) is 1. The molecule has 1 aromatic heterocycles. The lowest BCUT2D eigenvalue weighted by atomic mass is 10.0. The van der Waals surface area contributed by atoms with Gasteiger partial charge in [0.25, 0.3) is 0 Å². The number of aromatic nitrogens is 2. The van der Waals surface area contributed by atoms with Crippen molar-refractivity contribution in [1.82, 2.24) is 15.1 Å². The predicted octanol–water partition coefficient (Wildman–Crippen LogP) is 1.77. The maximum Gasteiger partial charge on any atom is 0.0732 e. The van der Waals surface area contributed by atoms with Crippen LogP contribution in [0.2, 0.25) is 0 Å². The van der Waals surface area contributed by atoms with E-state index < -0.39 is 0 Å². The third-order valence-electron chi connectivity index (χ3n) is 3.41. The molecule has 0 radical (unpaired) electrons. The standard InChI is InChI=1S/C13H23N3O/c1-10(2)16-7-6-11(15-16)9-12(14-3)13-5-4-8-17-13/h6-7,10,12-14H,4-5,8-9H2,1-3H3. The summed E-state index contributed by atoms with van der Waals surface area (Å²) in [6.07, 6.45) is 5.70. The molecule has 0 amide bonds. The van der Waals surface area contributed by atoms with Gasteiger partial charge in [-0.15, -0.1) is 0 Å². The Bertz CT molecular complexity index is 342. The van der Waals surface area contributed by atoms with E-state index >= 15 is 0 Å². The van der Waals surface area contributed by atoms with Gasteiger partial charge in [-0.25, -0.2) is 0 Å². The Morgan fingerprint density at radius 2 is 2.41 bits per heavy atom. The minimum absolute atomic E-state index is 0.351. The van der Waals surface area contributed by atoms with Crippen molar-refractivity contribution < 1.29 is 4.74 Å². The number of likely N-dealkylation sites (N-methyl/N-ethyl adjacent to an activating group) is 1. The van der Waals surface area contributed by atoms with Gasteiger partial charge in [-0.1, -0.05) is 0 Å². The van der Waals surface area contributed by atoms with Crippen molar-refractivity contribution in [1.29, 1.82) is 0 Å². The summed E-state index contributed by atoms with van der Waals surface area (Å²) in [5.41, 5.74) is 1.15. The first kappa shape index (κ1) is 12.6. The Balaban J connectivity index is 1.97. The molecule has 17 heavy (non-hydrogen) atoms. The van der Waals surface area contributed by atoms with Gasteiger partial charge in [-0.05, 0) is 39.8 Å². The van der Waals surface area contributed by atoms with Crippen LogP contribution in [0.25, 0.3) is 0 Å². The molecule has 0 bridgehead atoms. The Morgan fingerprint density at radius 1 is 1.59 bits per heavy atom. The van der Waals surface area contributed by atoms with Gasteiger partial charge in [-0.2, -0.15) is 5.10 Å². The molecule has 1 aromatic rings. The molecule has 1 N–H and O–H groups in total. The molecular formula is C13H23N3O. The zero-order valence-corrected chi connectivity index (χ0v) is 11.0. The van der Waals surface area contributed by atoms with E-state index in [0.29, 0.717) is 18.2 Å². The quantitative estimate of drug-likeness (QED) is 0.848. The van der Waals surface area contributed by atoms with Crippen LogP contribution >= 0.6 is 0 Å². The van der Waals surface area contributed by atoms with Crippen molar-refractivity contribution in [3.63, 3.8) is 0 Å². The molecule has 1 aliphatic rings. The highest BCUT2D eigenvalue weighted by Crippen LogP contribution is 2.18. The maximum absolute atomic E-state index is 5.74. The van der Waals surface area contributed by atoms with Crippen molar-refractivity contribution in [2.24, 2.45) is 0 Å². The second-order valence-electron chi connectivity index (χ2n) is 5.03. The SMILES string of the molecule is CNC(Cc1ccn(C(C)C)n1)C1CCCO1. The summed E-state index contributed by atoms with van der Waals surface area (Å²) < 4.78 is 7.75. The fourth-order valence-corrected chi connectivity index (χ4v) is 2.34. The van der Waals surface area contributed by atoms with Crippen molar-refractivity contribution in [2.75, 3.05) is 13.7 Å². The number of ether oxygens (including phenoxy) is 1. The summed E-state index contributed by atoms with van der Waals surface area (Å²) >= 11 is 0. The minimum Gasteiger partial charge on any atom is -0.377 e. The van der Waals surface area contributed by atoms with Crippen LogP contribution in [-0.4, -0.2) is 35.6 Å². The van der Waals surface area contributed by atoms with E-state index in [1.54, 1.807) is 0 Å². The van der Waals surface area contributed by atoms with Gasteiger partial charge < -0.3 is 10.1 Å². The molecule has 0 aliphatic carbocycles. The van der Waals surface area contributed by atoms with E-state index in [1.807, 2.05) is 11.7 Å². The van der Waals surface area contributed by atoms with Gasteiger partial charge in [0.1, 0.15) is 0 Å². The monoisotopic (exact) mass is 237 g/mol. The highest BCUT2D eigenvalue weighted by Gasteiger charge is 2.25. The zero-order chi connectivity index (χ0) is 12.3. The normalized spacial score (nSPS) is 22.2.